The van der Waals surface area contributed by atoms with Crippen molar-refractivity contribution in [2.24, 2.45) is 5.41 Å². The molecule has 8 heteroatoms. The van der Waals surface area contributed by atoms with Crippen LogP contribution in [0.1, 0.15) is 60.9 Å². The van der Waals surface area contributed by atoms with Crippen molar-refractivity contribution >= 4 is 17.6 Å². The van der Waals surface area contributed by atoms with Gasteiger partial charge in [0.15, 0.2) is 0 Å². The molecule has 1 atom stereocenters. The number of amides is 1. The van der Waals surface area contributed by atoms with Crippen molar-refractivity contribution in [1.82, 2.24) is 15.1 Å². The number of esters is 1. The van der Waals surface area contributed by atoms with Gasteiger partial charge in [0.25, 0.3) is 0 Å². The van der Waals surface area contributed by atoms with Crippen molar-refractivity contribution in [3.8, 4) is 6.07 Å². The number of nitrogens with one attached hydrogen (secondary N) is 1. The van der Waals surface area contributed by atoms with E-state index in [2.05, 4.69) is 41.9 Å². The minimum absolute atomic E-state index is 0.0804. The van der Waals surface area contributed by atoms with E-state index in [4.69, 9.17) is 14.7 Å². The molecule has 0 aliphatic carbocycles. The summed E-state index contributed by atoms with van der Waals surface area (Å²) in [5.74, 6) is 0.555. The molecule has 8 nitrogen and oxygen atoms in total. The minimum atomic E-state index is -0.347. The quantitative estimate of drug-likeness (QED) is 0.463. The van der Waals surface area contributed by atoms with Crippen molar-refractivity contribution in [1.29, 1.82) is 5.26 Å². The maximum Gasteiger partial charge on any atom is 0.336 e. The van der Waals surface area contributed by atoms with Gasteiger partial charge in [-0.2, -0.15) is 5.26 Å². The average molecular weight is 491 g/mol. The summed E-state index contributed by atoms with van der Waals surface area (Å²) in [7, 11) is 0. The Morgan fingerprint density at radius 1 is 1.14 bits per heavy atom. The highest BCUT2D eigenvalue weighted by molar-refractivity contribution is 5.94. The highest BCUT2D eigenvalue weighted by atomic mass is 16.5. The zero-order chi connectivity index (χ0) is 25.4. The van der Waals surface area contributed by atoms with Crippen LogP contribution in [0.4, 0.5) is 0 Å². The zero-order valence-corrected chi connectivity index (χ0v) is 21.2. The molecule has 1 spiro atoms. The third-order valence-electron chi connectivity index (χ3n) is 8.51. The van der Waals surface area contributed by atoms with Gasteiger partial charge in [0.1, 0.15) is 19.0 Å². The molecule has 1 aromatic rings. The Morgan fingerprint density at radius 2 is 1.89 bits per heavy atom. The van der Waals surface area contributed by atoms with Gasteiger partial charge >= 0.3 is 5.97 Å². The molecule has 0 radical (unpaired) electrons. The Morgan fingerprint density at radius 3 is 2.58 bits per heavy atom. The number of cyclic esters (lactones) is 1. The van der Waals surface area contributed by atoms with E-state index in [-0.39, 0.29) is 29.9 Å². The number of rotatable bonds is 7. The predicted octanol–water partition coefficient (Wildman–Crippen LogP) is 3.19. The first-order valence-electron chi connectivity index (χ1n) is 12.8. The number of carbonyl (C=O) groups is 2. The summed E-state index contributed by atoms with van der Waals surface area (Å²) in [4.78, 5) is 29.5. The summed E-state index contributed by atoms with van der Waals surface area (Å²) in [5, 5.41) is 12.7. The normalized spacial score (nSPS) is 22.1. The van der Waals surface area contributed by atoms with Crippen LogP contribution in [0.2, 0.25) is 0 Å². The van der Waals surface area contributed by atoms with Gasteiger partial charge < -0.3 is 24.6 Å². The maximum atomic E-state index is 13.5. The number of likely N-dealkylation sites (tertiary alicyclic amines) is 2. The minimum Gasteiger partial charge on any atom is -0.489 e. The van der Waals surface area contributed by atoms with Crippen LogP contribution in [0, 0.1) is 23.7 Å². The number of benzene rings is 1. The number of nitriles is 1. The molecule has 2 saturated heterocycles. The maximum absolute atomic E-state index is 13.5. The lowest BCUT2D eigenvalue weighted by Crippen LogP contribution is -2.47. The third kappa shape index (κ3) is 4.21. The number of hydrogen-bond donors (Lipinski definition) is 1. The topological polar surface area (TPSA) is 94.9 Å². The van der Waals surface area contributed by atoms with E-state index < -0.39 is 0 Å². The molecule has 1 amide bonds. The van der Waals surface area contributed by atoms with Gasteiger partial charge in [-0.05, 0) is 57.3 Å². The fourth-order valence-electron chi connectivity index (χ4n) is 6.12. The van der Waals surface area contributed by atoms with E-state index in [0.29, 0.717) is 31.7 Å². The number of hydrogen-bond acceptors (Lipinski definition) is 7. The summed E-state index contributed by atoms with van der Waals surface area (Å²) in [6.45, 7) is 12.4. The monoisotopic (exact) mass is 490 g/mol. The van der Waals surface area contributed by atoms with E-state index in [1.54, 1.807) is 11.8 Å². The van der Waals surface area contributed by atoms with Gasteiger partial charge in [-0.3, -0.25) is 4.79 Å². The Hall–Kier alpha value is -3.15. The van der Waals surface area contributed by atoms with Crippen LogP contribution in [0.25, 0.3) is 5.76 Å². The van der Waals surface area contributed by atoms with Gasteiger partial charge in [-0.25, -0.2) is 4.79 Å². The zero-order valence-electron chi connectivity index (χ0n) is 21.2. The standard InChI is InChI=1S/C28H34N4O4/c1-18-21(5-6-22-20(3)35-16-23(18)22)24(30-11-4-10-29)15-31-12-7-28(8-13-31)9-14-32(27(28)34)25-17-36-26(33)19(25)2/h5-6,24,30H,3-4,7-9,11-17H2,1-2H3. The third-order valence-corrected chi connectivity index (χ3v) is 8.51. The van der Waals surface area contributed by atoms with Crippen LogP contribution in [0.3, 0.4) is 0 Å². The fourth-order valence-corrected chi connectivity index (χ4v) is 6.12. The second-order valence-corrected chi connectivity index (χ2v) is 10.4. The fraction of sp³-hybridized carbons (Fsp3) is 0.536. The summed E-state index contributed by atoms with van der Waals surface area (Å²) in [6.07, 6.45) is 2.90. The van der Waals surface area contributed by atoms with Gasteiger partial charge in [0, 0.05) is 43.2 Å². The number of carbonyl (C=O) groups excluding carboxylic acids is 2. The van der Waals surface area contributed by atoms with Crippen LogP contribution in [0.5, 0.6) is 0 Å². The molecule has 5 rings (SSSR count). The molecule has 1 N–H and O–H groups in total. The summed E-state index contributed by atoms with van der Waals surface area (Å²) in [5.41, 5.74) is 5.66. The van der Waals surface area contributed by atoms with Crippen LogP contribution in [-0.2, 0) is 25.7 Å². The second-order valence-electron chi connectivity index (χ2n) is 10.4. The summed E-state index contributed by atoms with van der Waals surface area (Å²) >= 11 is 0. The summed E-state index contributed by atoms with van der Waals surface area (Å²) < 4.78 is 10.8. The molecule has 4 aliphatic rings. The number of piperidine rings is 1. The predicted molar refractivity (Wildman–Crippen MR) is 134 cm³/mol. The van der Waals surface area contributed by atoms with Crippen LogP contribution in [-0.4, -0.2) is 61.0 Å². The van der Waals surface area contributed by atoms with Crippen LogP contribution < -0.4 is 5.32 Å². The molecule has 4 heterocycles. The van der Waals surface area contributed by atoms with Gasteiger partial charge in [0.05, 0.1) is 22.8 Å². The molecular weight excluding hydrogens is 456 g/mol. The van der Waals surface area contributed by atoms with Crippen molar-refractivity contribution in [3.05, 3.63) is 52.2 Å². The van der Waals surface area contributed by atoms with E-state index in [9.17, 15) is 9.59 Å². The molecule has 0 bridgehead atoms. The lowest BCUT2D eigenvalue weighted by Gasteiger charge is -2.39. The van der Waals surface area contributed by atoms with E-state index in [0.717, 1.165) is 55.9 Å². The highest BCUT2D eigenvalue weighted by Gasteiger charge is 2.50. The lowest BCUT2D eigenvalue weighted by atomic mass is 9.77. The molecule has 0 saturated carbocycles. The van der Waals surface area contributed by atoms with Crippen molar-refractivity contribution in [3.63, 3.8) is 0 Å². The molecule has 0 aromatic heterocycles. The van der Waals surface area contributed by atoms with Crippen molar-refractivity contribution in [2.45, 2.75) is 52.2 Å². The SMILES string of the molecule is C=C1OCc2c1ccc(C(CN1CCC3(CC1)CCN(C1=C(C)C(=O)OC1)C3=O)NCCC#N)c2C. The van der Waals surface area contributed by atoms with Crippen LogP contribution in [0.15, 0.2) is 30.0 Å². The Labute approximate surface area is 212 Å². The van der Waals surface area contributed by atoms with Gasteiger partial charge in [-0.15, -0.1) is 0 Å². The average Bonchev–Trinajstić information content (AvgIpc) is 3.52. The molecule has 190 valence electrons. The van der Waals surface area contributed by atoms with Crippen LogP contribution >= 0.6 is 0 Å². The first kappa shape index (κ1) is 24.5. The van der Waals surface area contributed by atoms with E-state index in [1.165, 1.54) is 16.7 Å². The first-order valence-corrected chi connectivity index (χ1v) is 12.8. The highest BCUT2D eigenvalue weighted by Crippen LogP contribution is 2.44. The molecule has 4 aliphatic heterocycles. The molecule has 1 unspecified atom stereocenters. The molecular formula is C28H34N4O4. The number of nitrogens with zero attached hydrogens (tertiary/aromatic N) is 3. The smallest absolute Gasteiger partial charge is 0.336 e. The largest absolute Gasteiger partial charge is 0.489 e. The Balaban J connectivity index is 1.28. The van der Waals surface area contributed by atoms with E-state index >= 15 is 0 Å². The van der Waals surface area contributed by atoms with Crippen molar-refractivity contribution in [2.75, 3.05) is 39.3 Å². The number of fused-ring (bicyclic) bond motifs is 1. The van der Waals surface area contributed by atoms with E-state index in [1.807, 2.05) is 0 Å². The first-order chi connectivity index (χ1) is 17.3. The molecule has 2 fully saturated rings. The molecule has 1 aromatic carbocycles. The lowest BCUT2D eigenvalue weighted by molar-refractivity contribution is -0.138. The van der Waals surface area contributed by atoms with Gasteiger partial charge in [0.2, 0.25) is 5.91 Å². The van der Waals surface area contributed by atoms with Gasteiger partial charge in [-0.1, -0.05) is 18.7 Å². The second kappa shape index (κ2) is 9.72. The molecule has 36 heavy (non-hydrogen) atoms. The summed E-state index contributed by atoms with van der Waals surface area (Å²) in [6, 6.07) is 6.56. The Bertz CT molecular complexity index is 1170. The van der Waals surface area contributed by atoms with Crippen molar-refractivity contribution < 1.29 is 19.1 Å². The Kier molecular flexibility index (Phi) is 6.62. The number of ether oxygens (including phenoxy) is 2.